The van der Waals surface area contributed by atoms with Crippen LogP contribution in [0.4, 0.5) is 4.39 Å². The zero-order valence-electron chi connectivity index (χ0n) is 21.8. The van der Waals surface area contributed by atoms with E-state index in [2.05, 4.69) is 6.58 Å². The molecule has 0 saturated carbocycles. The monoisotopic (exact) mass is 497 g/mol. The minimum Gasteiger partial charge on any atom is -0.460 e. The maximum absolute atomic E-state index is 13.8. The zero-order valence-corrected chi connectivity index (χ0v) is 21.8. The van der Waals surface area contributed by atoms with E-state index in [0.29, 0.717) is 35.2 Å². The zero-order chi connectivity index (χ0) is 26.8. The van der Waals surface area contributed by atoms with E-state index in [4.69, 9.17) is 4.74 Å². The second-order valence-corrected chi connectivity index (χ2v) is 10.6. The second kappa shape index (κ2) is 10.9. The van der Waals surface area contributed by atoms with Crippen molar-refractivity contribution in [2.75, 3.05) is 0 Å². The number of aliphatic hydroxyl groups is 1. The number of ether oxygens (including phenoxy) is 1. The molecule has 0 radical (unpaired) electrons. The molecule has 36 heavy (non-hydrogen) atoms. The van der Waals surface area contributed by atoms with Gasteiger partial charge in [-0.3, -0.25) is 14.4 Å². The number of hydrogen-bond donors (Lipinski definition) is 1. The van der Waals surface area contributed by atoms with E-state index >= 15 is 0 Å². The Bertz CT molecular complexity index is 1200. The third-order valence-corrected chi connectivity index (χ3v) is 6.38. The highest BCUT2D eigenvalue weighted by Crippen LogP contribution is 2.39. The summed E-state index contributed by atoms with van der Waals surface area (Å²) >= 11 is 0. The van der Waals surface area contributed by atoms with Gasteiger partial charge in [0.2, 0.25) is 0 Å². The molecule has 1 heterocycles. The van der Waals surface area contributed by atoms with E-state index in [-0.39, 0.29) is 11.6 Å². The molecule has 0 aliphatic heterocycles. The van der Waals surface area contributed by atoms with Gasteiger partial charge < -0.3 is 14.4 Å². The number of esters is 1. The molecule has 0 amide bonds. The Kier molecular flexibility index (Phi) is 8.34. The number of pyridine rings is 1. The van der Waals surface area contributed by atoms with Gasteiger partial charge in [-0.1, -0.05) is 6.08 Å². The van der Waals surface area contributed by atoms with Gasteiger partial charge in [-0.05, 0) is 101 Å². The molecule has 1 aliphatic carbocycles. The lowest BCUT2D eigenvalue weighted by atomic mass is 9.77. The van der Waals surface area contributed by atoms with Gasteiger partial charge in [0.05, 0.1) is 17.7 Å². The minimum absolute atomic E-state index is 0.144. The lowest BCUT2D eigenvalue weighted by Gasteiger charge is -2.32. The molecule has 2 aromatic rings. The van der Waals surface area contributed by atoms with Gasteiger partial charge in [0.15, 0.2) is 5.78 Å². The molecule has 0 spiro atoms. The first-order chi connectivity index (χ1) is 16.9. The number of nitrogens with zero attached hydrogens (tertiary/aromatic N) is 1. The topological polar surface area (TPSA) is 85.6 Å². The summed E-state index contributed by atoms with van der Waals surface area (Å²) < 4.78 is 20.8. The Balaban J connectivity index is 2.34. The fraction of sp³-hybridized carbons (Fsp3) is 0.483. The van der Waals surface area contributed by atoms with Crippen molar-refractivity contribution in [3.63, 3.8) is 0 Å². The first-order valence-electron chi connectivity index (χ1n) is 12.5. The van der Waals surface area contributed by atoms with E-state index in [1.807, 2.05) is 13.8 Å². The van der Waals surface area contributed by atoms with Crippen LogP contribution in [-0.4, -0.2) is 33.1 Å². The first kappa shape index (κ1) is 27.5. The highest BCUT2D eigenvalue weighted by atomic mass is 19.1. The van der Waals surface area contributed by atoms with Crippen LogP contribution in [0.1, 0.15) is 82.5 Å². The van der Waals surface area contributed by atoms with E-state index in [1.54, 1.807) is 37.5 Å². The number of benzene rings is 1. The number of carbonyl (C=O) groups is 2. The lowest BCUT2D eigenvalue weighted by molar-refractivity contribution is -0.156. The van der Waals surface area contributed by atoms with Gasteiger partial charge in [-0.2, -0.15) is 0 Å². The van der Waals surface area contributed by atoms with Gasteiger partial charge in [0.25, 0.3) is 5.56 Å². The molecule has 6 nitrogen and oxygen atoms in total. The summed E-state index contributed by atoms with van der Waals surface area (Å²) in [6.45, 7) is 12.6. The molecule has 1 N–H and O–H groups in total. The fourth-order valence-electron chi connectivity index (χ4n) is 4.98. The summed E-state index contributed by atoms with van der Waals surface area (Å²) in [6, 6.07) is 5.46. The van der Waals surface area contributed by atoms with Crippen molar-refractivity contribution in [3.8, 4) is 11.3 Å². The average molecular weight is 498 g/mol. The average Bonchev–Trinajstić information content (AvgIpc) is 2.79. The van der Waals surface area contributed by atoms with E-state index in [9.17, 15) is 23.9 Å². The molecule has 3 rings (SSSR count). The molecule has 7 heteroatoms. The van der Waals surface area contributed by atoms with Crippen molar-refractivity contribution in [1.82, 2.24) is 4.57 Å². The molecule has 0 fully saturated rings. The molecule has 194 valence electrons. The maximum Gasteiger partial charge on any atom is 0.313 e. The quantitative estimate of drug-likeness (QED) is 0.314. The van der Waals surface area contributed by atoms with Crippen molar-refractivity contribution in [2.45, 2.75) is 90.4 Å². The summed E-state index contributed by atoms with van der Waals surface area (Å²) in [6.07, 6.45) is 2.23. The summed E-state index contributed by atoms with van der Waals surface area (Å²) in [7, 11) is 0. The van der Waals surface area contributed by atoms with E-state index < -0.39 is 41.6 Å². The number of ketones is 1. The molecular formula is C29H36FNO5. The second-order valence-electron chi connectivity index (χ2n) is 10.6. The van der Waals surface area contributed by atoms with Gasteiger partial charge in [0.1, 0.15) is 17.8 Å². The Hall–Kier alpha value is -3.06. The van der Waals surface area contributed by atoms with Crippen LogP contribution < -0.4 is 5.56 Å². The number of carbonyl (C=O) groups excluding carboxylic acids is 2. The van der Waals surface area contributed by atoms with Crippen LogP contribution in [0.25, 0.3) is 11.3 Å². The summed E-state index contributed by atoms with van der Waals surface area (Å²) in [5, 5.41) is 11.1. The van der Waals surface area contributed by atoms with Crippen LogP contribution in [0.5, 0.6) is 0 Å². The summed E-state index contributed by atoms with van der Waals surface area (Å²) in [5.74, 6) is -2.79. The van der Waals surface area contributed by atoms with E-state index in [1.165, 1.54) is 18.2 Å². The number of Topliss-reactive ketones (excluding diaryl/α,β-unsaturated/α-hetero) is 1. The summed E-state index contributed by atoms with van der Waals surface area (Å²) in [5.41, 5.74) is 1.96. The maximum atomic E-state index is 13.8. The Labute approximate surface area is 211 Å². The van der Waals surface area contributed by atoms with Crippen LogP contribution in [0.3, 0.4) is 0 Å². The molecule has 1 aromatic carbocycles. The third-order valence-electron chi connectivity index (χ3n) is 6.38. The lowest BCUT2D eigenvalue weighted by Crippen LogP contribution is -2.36. The molecule has 1 aromatic heterocycles. The smallest absolute Gasteiger partial charge is 0.313 e. The SMILES string of the molecule is C=CC(O)C(C(=O)CC(=O)OC(C)(C)C)c1c2c(c(=O)n(C(C)C)c1-c1ccc(F)cc1)CCCC2. The molecule has 2 atom stereocenters. The molecular weight excluding hydrogens is 461 g/mol. The molecule has 1 aliphatic rings. The largest absolute Gasteiger partial charge is 0.460 e. The van der Waals surface area contributed by atoms with Crippen molar-refractivity contribution in [2.24, 2.45) is 0 Å². The molecule has 0 saturated heterocycles. The highest BCUT2D eigenvalue weighted by Gasteiger charge is 2.37. The van der Waals surface area contributed by atoms with Crippen molar-refractivity contribution >= 4 is 11.8 Å². The number of halogens is 1. The predicted octanol–water partition coefficient (Wildman–Crippen LogP) is 5.05. The van der Waals surface area contributed by atoms with Crippen molar-refractivity contribution in [3.05, 3.63) is 69.8 Å². The van der Waals surface area contributed by atoms with Crippen LogP contribution in [-0.2, 0) is 27.2 Å². The van der Waals surface area contributed by atoms with Gasteiger partial charge in [-0.15, -0.1) is 6.58 Å². The normalized spacial score (nSPS) is 15.2. The van der Waals surface area contributed by atoms with Crippen LogP contribution in [0, 0.1) is 5.82 Å². The Morgan fingerprint density at radius 1 is 1.14 bits per heavy atom. The predicted molar refractivity (Wildman–Crippen MR) is 138 cm³/mol. The van der Waals surface area contributed by atoms with E-state index in [0.717, 1.165) is 18.4 Å². The molecule has 2 unspecified atom stereocenters. The van der Waals surface area contributed by atoms with Gasteiger partial charge in [-0.25, -0.2) is 4.39 Å². The Morgan fingerprint density at radius 3 is 2.25 bits per heavy atom. The van der Waals surface area contributed by atoms with Crippen molar-refractivity contribution in [1.29, 1.82) is 0 Å². The standard InChI is InChI=1S/C29H36FNO5/c1-7-22(32)26(23(33)16-24(34)36-29(4,5)6)25-20-10-8-9-11-21(20)28(35)31(17(2)3)27(25)18-12-14-19(30)15-13-18/h7,12-15,17,22,26,32H,1,8-11,16H2,2-6H3. The van der Waals surface area contributed by atoms with Gasteiger partial charge >= 0.3 is 5.97 Å². The minimum atomic E-state index is -1.30. The number of rotatable bonds is 8. The van der Waals surface area contributed by atoms with Crippen LogP contribution >= 0.6 is 0 Å². The van der Waals surface area contributed by atoms with Crippen LogP contribution in [0.2, 0.25) is 0 Å². The van der Waals surface area contributed by atoms with Crippen LogP contribution in [0.15, 0.2) is 41.7 Å². The molecule has 0 bridgehead atoms. The number of fused-ring (bicyclic) bond motifs is 1. The van der Waals surface area contributed by atoms with Crippen molar-refractivity contribution < 1.29 is 23.8 Å². The first-order valence-corrected chi connectivity index (χ1v) is 12.5. The summed E-state index contributed by atoms with van der Waals surface area (Å²) in [4.78, 5) is 39.9. The fourth-order valence-corrected chi connectivity index (χ4v) is 4.98. The number of hydrogen-bond acceptors (Lipinski definition) is 5. The number of aliphatic hydroxyl groups excluding tert-OH is 1. The Morgan fingerprint density at radius 2 is 1.72 bits per heavy atom. The van der Waals surface area contributed by atoms with Gasteiger partial charge in [0, 0.05) is 11.6 Å². The third kappa shape index (κ3) is 5.84. The highest BCUT2D eigenvalue weighted by molar-refractivity contribution is 6.01. The number of aromatic nitrogens is 1.